The molecule has 1 aromatic rings. The van der Waals surface area contributed by atoms with Crippen molar-refractivity contribution < 1.29 is 0 Å². The summed E-state index contributed by atoms with van der Waals surface area (Å²) >= 11 is 0. The lowest BCUT2D eigenvalue weighted by atomic mass is 10.2. The van der Waals surface area contributed by atoms with Gasteiger partial charge < -0.3 is 15.2 Å². The molecular formula is C18H32N6. The molecule has 0 bridgehead atoms. The number of hydrogen-bond donors (Lipinski definition) is 2. The van der Waals surface area contributed by atoms with Crippen molar-refractivity contribution in [2.45, 2.75) is 71.2 Å². The number of aromatic nitrogens is 2. The Labute approximate surface area is 145 Å². The van der Waals surface area contributed by atoms with Crippen molar-refractivity contribution in [1.82, 2.24) is 25.1 Å². The number of guanidine groups is 1. The van der Waals surface area contributed by atoms with Crippen LogP contribution in [0.25, 0.3) is 0 Å². The summed E-state index contributed by atoms with van der Waals surface area (Å²) in [5.41, 5.74) is 0. The topological polar surface area (TPSA) is 57.5 Å². The van der Waals surface area contributed by atoms with Crippen LogP contribution in [0.2, 0.25) is 0 Å². The highest BCUT2D eigenvalue weighted by Crippen LogP contribution is 2.33. The SMILES string of the molecule is CN=C(NCc1nccn1CC(C)C)NC1CC(C)N(C2CC2)C1. The minimum Gasteiger partial charge on any atom is -0.352 e. The van der Waals surface area contributed by atoms with Gasteiger partial charge in [0.25, 0.3) is 0 Å². The van der Waals surface area contributed by atoms with Crippen LogP contribution in [0.1, 0.15) is 45.9 Å². The summed E-state index contributed by atoms with van der Waals surface area (Å²) in [6, 6.07) is 2.01. The van der Waals surface area contributed by atoms with Crippen LogP contribution in [-0.2, 0) is 13.1 Å². The van der Waals surface area contributed by atoms with Crippen LogP contribution in [0, 0.1) is 5.92 Å². The molecule has 0 spiro atoms. The van der Waals surface area contributed by atoms with Crippen LogP contribution < -0.4 is 10.6 Å². The maximum absolute atomic E-state index is 4.47. The fourth-order valence-corrected chi connectivity index (χ4v) is 3.69. The summed E-state index contributed by atoms with van der Waals surface area (Å²) in [6.45, 7) is 9.64. The molecule has 0 amide bonds. The molecule has 0 aromatic carbocycles. The number of nitrogens with zero attached hydrogens (tertiary/aromatic N) is 4. The van der Waals surface area contributed by atoms with Crippen LogP contribution in [0.4, 0.5) is 0 Å². The lowest BCUT2D eigenvalue weighted by molar-refractivity contribution is 0.256. The third kappa shape index (κ3) is 4.29. The predicted octanol–water partition coefficient (Wildman–Crippen LogP) is 1.83. The van der Waals surface area contributed by atoms with Crippen LogP contribution in [-0.4, -0.2) is 52.1 Å². The van der Waals surface area contributed by atoms with Crippen LogP contribution >= 0.6 is 0 Å². The van der Waals surface area contributed by atoms with E-state index in [1.807, 2.05) is 13.2 Å². The highest BCUT2D eigenvalue weighted by molar-refractivity contribution is 5.79. The number of aliphatic imine (C=N–C) groups is 1. The fourth-order valence-electron chi connectivity index (χ4n) is 3.69. The molecule has 134 valence electrons. The van der Waals surface area contributed by atoms with Gasteiger partial charge in [0.15, 0.2) is 5.96 Å². The number of imidazole rings is 1. The Bertz CT molecular complexity index is 560. The van der Waals surface area contributed by atoms with Gasteiger partial charge in [-0.25, -0.2) is 4.98 Å². The van der Waals surface area contributed by atoms with Gasteiger partial charge in [-0.3, -0.25) is 9.89 Å². The van der Waals surface area contributed by atoms with Crippen molar-refractivity contribution in [3.63, 3.8) is 0 Å². The van der Waals surface area contributed by atoms with Gasteiger partial charge in [0.2, 0.25) is 0 Å². The van der Waals surface area contributed by atoms with Crippen molar-refractivity contribution in [1.29, 1.82) is 0 Å². The Hall–Kier alpha value is -1.56. The standard InChI is InChI=1S/C18H32N6/c1-13(2)11-23-8-7-20-17(23)10-21-18(19-4)22-15-9-14(3)24(12-15)16-5-6-16/h7-8,13-16H,5-6,9-12H2,1-4H3,(H2,19,21,22). The molecule has 6 nitrogen and oxygen atoms in total. The Balaban J connectivity index is 1.50. The molecular weight excluding hydrogens is 300 g/mol. The zero-order valence-corrected chi connectivity index (χ0v) is 15.5. The second-order valence-corrected chi connectivity index (χ2v) is 7.67. The summed E-state index contributed by atoms with van der Waals surface area (Å²) in [5.74, 6) is 2.55. The van der Waals surface area contributed by atoms with Gasteiger partial charge >= 0.3 is 0 Å². The Morgan fingerprint density at radius 2 is 2.21 bits per heavy atom. The highest BCUT2D eigenvalue weighted by atomic mass is 15.3. The molecule has 1 aromatic heterocycles. The molecule has 1 saturated heterocycles. The normalized spacial score (nSPS) is 25.5. The molecule has 2 atom stereocenters. The fraction of sp³-hybridized carbons (Fsp3) is 0.778. The van der Waals surface area contributed by atoms with E-state index in [2.05, 4.69) is 57.0 Å². The molecule has 24 heavy (non-hydrogen) atoms. The van der Waals surface area contributed by atoms with E-state index in [-0.39, 0.29) is 0 Å². The van der Waals surface area contributed by atoms with E-state index in [9.17, 15) is 0 Å². The van der Waals surface area contributed by atoms with E-state index < -0.39 is 0 Å². The molecule has 2 heterocycles. The Kier molecular flexibility index (Phi) is 5.43. The average molecular weight is 332 g/mol. The minimum absolute atomic E-state index is 0.488. The second-order valence-electron chi connectivity index (χ2n) is 7.67. The summed E-state index contributed by atoms with van der Waals surface area (Å²) in [7, 11) is 1.84. The van der Waals surface area contributed by atoms with Gasteiger partial charge in [-0.05, 0) is 32.1 Å². The first-order valence-corrected chi connectivity index (χ1v) is 9.29. The Morgan fingerprint density at radius 1 is 1.42 bits per heavy atom. The zero-order chi connectivity index (χ0) is 17.1. The molecule has 3 rings (SSSR count). The third-order valence-corrected chi connectivity index (χ3v) is 4.98. The quantitative estimate of drug-likeness (QED) is 0.616. The summed E-state index contributed by atoms with van der Waals surface area (Å²) in [6.07, 6.45) is 7.88. The van der Waals surface area contributed by atoms with Crippen molar-refractivity contribution in [3.8, 4) is 0 Å². The first-order chi connectivity index (χ1) is 11.6. The zero-order valence-electron chi connectivity index (χ0n) is 15.5. The molecule has 0 radical (unpaired) electrons. The molecule has 6 heteroatoms. The van der Waals surface area contributed by atoms with Gasteiger partial charge in [0.1, 0.15) is 5.82 Å². The maximum atomic E-state index is 4.47. The average Bonchev–Trinajstić information content (AvgIpc) is 3.19. The number of likely N-dealkylation sites (tertiary alicyclic amines) is 1. The van der Waals surface area contributed by atoms with Crippen molar-refractivity contribution >= 4 is 5.96 Å². The van der Waals surface area contributed by atoms with E-state index in [1.165, 1.54) is 19.3 Å². The van der Waals surface area contributed by atoms with E-state index in [1.54, 1.807) is 0 Å². The molecule has 2 N–H and O–H groups in total. The van der Waals surface area contributed by atoms with Gasteiger partial charge in [-0.1, -0.05) is 13.8 Å². The number of nitrogens with one attached hydrogen (secondary N) is 2. The van der Waals surface area contributed by atoms with Crippen LogP contribution in [0.5, 0.6) is 0 Å². The molecule has 1 saturated carbocycles. The molecule has 1 aliphatic heterocycles. The molecule has 2 aliphatic rings. The smallest absolute Gasteiger partial charge is 0.191 e. The minimum atomic E-state index is 0.488. The summed E-state index contributed by atoms with van der Waals surface area (Å²) in [5, 5.41) is 7.02. The highest BCUT2D eigenvalue weighted by Gasteiger charge is 2.38. The van der Waals surface area contributed by atoms with E-state index in [4.69, 9.17) is 0 Å². The summed E-state index contributed by atoms with van der Waals surface area (Å²) in [4.78, 5) is 11.5. The van der Waals surface area contributed by atoms with Crippen LogP contribution in [0.3, 0.4) is 0 Å². The maximum Gasteiger partial charge on any atom is 0.191 e. The van der Waals surface area contributed by atoms with Crippen molar-refractivity contribution in [2.75, 3.05) is 13.6 Å². The molecule has 2 fully saturated rings. The van der Waals surface area contributed by atoms with Gasteiger partial charge in [-0.15, -0.1) is 0 Å². The largest absolute Gasteiger partial charge is 0.352 e. The first-order valence-electron chi connectivity index (χ1n) is 9.29. The van der Waals surface area contributed by atoms with Gasteiger partial charge in [-0.2, -0.15) is 0 Å². The third-order valence-electron chi connectivity index (χ3n) is 4.98. The Morgan fingerprint density at radius 3 is 2.88 bits per heavy atom. The van der Waals surface area contributed by atoms with Crippen molar-refractivity contribution in [3.05, 3.63) is 18.2 Å². The van der Waals surface area contributed by atoms with E-state index >= 15 is 0 Å². The van der Waals surface area contributed by atoms with Gasteiger partial charge in [0.05, 0.1) is 6.54 Å². The summed E-state index contributed by atoms with van der Waals surface area (Å²) < 4.78 is 2.22. The second kappa shape index (κ2) is 7.55. The predicted molar refractivity (Wildman–Crippen MR) is 98.0 cm³/mol. The van der Waals surface area contributed by atoms with Crippen LogP contribution in [0.15, 0.2) is 17.4 Å². The first kappa shape index (κ1) is 17.3. The molecule has 2 unspecified atom stereocenters. The number of rotatable bonds is 6. The van der Waals surface area contributed by atoms with Gasteiger partial charge in [0, 0.05) is 50.7 Å². The van der Waals surface area contributed by atoms with E-state index in [0.29, 0.717) is 24.5 Å². The molecule has 1 aliphatic carbocycles. The lowest BCUT2D eigenvalue weighted by Crippen LogP contribution is -2.44. The number of hydrogen-bond acceptors (Lipinski definition) is 3. The monoisotopic (exact) mass is 332 g/mol. The van der Waals surface area contributed by atoms with E-state index in [0.717, 1.165) is 30.9 Å². The van der Waals surface area contributed by atoms with Crippen molar-refractivity contribution in [2.24, 2.45) is 10.9 Å². The lowest BCUT2D eigenvalue weighted by Gasteiger charge is -2.20.